The van der Waals surface area contributed by atoms with E-state index < -0.39 is 10.0 Å². The summed E-state index contributed by atoms with van der Waals surface area (Å²) < 4.78 is 26.6. The molecule has 0 aliphatic carbocycles. The Kier molecular flexibility index (Phi) is 3.86. The van der Waals surface area contributed by atoms with Gasteiger partial charge in [-0.3, -0.25) is 4.72 Å². The van der Waals surface area contributed by atoms with Gasteiger partial charge in [-0.15, -0.1) is 11.3 Å². The highest BCUT2D eigenvalue weighted by atomic mass is 35.5. The molecule has 0 spiro atoms. The van der Waals surface area contributed by atoms with E-state index in [9.17, 15) is 8.42 Å². The molecule has 2 rings (SSSR count). The van der Waals surface area contributed by atoms with Gasteiger partial charge < -0.3 is 5.73 Å². The molecule has 0 amide bonds. The predicted molar refractivity (Wildman–Crippen MR) is 72.3 cm³/mol. The van der Waals surface area contributed by atoms with Crippen molar-refractivity contribution in [3.63, 3.8) is 0 Å². The minimum absolute atomic E-state index is 0.208. The van der Waals surface area contributed by atoms with Crippen LogP contribution in [0.3, 0.4) is 0 Å². The van der Waals surface area contributed by atoms with E-state index in [4.69, 9.17) is 17.3 Å². The maximum Gasteiger partial charge on any atom is 0.272 e. The van der Waals surface area contributed by atoms with Gasteiger partial charge in [-0.05, 0) is 24.3 Å². The van der Waals surface area contributed by atoms with E-state index in [1.165, 1.54) is 18.3 Å². The summed E-state index contributed by atoms with van der Waals surface area (Å²) >= 11 is 6.80. The number of sulfonamides is 1. The Bertz CT molecular complexity index is 637. The van der Waals surface area contributed by atoms with Crippen LogP contribution in [0.15, 0.2) is 34.7 Å². The van der Waals surface area contributed by atoms with Gasteiger partial charge in [-0.25, -0.2) is 13.4 Å². The summed E-state index contributed by atoms with van der Waals surface area (Å²) in [7, 11) is -3.61. The first-order chi connectivity index (χ1) is 8.51. The Morgan fingerprint density at radius 1 is 1.33 bits per heavy atom. The van der Waals surface area contributed by atoms with Crippen LogP contribution in [0.25, 0.3) is 0 Å². The van der Waals surface area contributed by atoms with Crippen LogP contribution in [0.4, 0.5) is 5.82 Å². The molecule has 2 heterocycles. The maximum atomic E-state index is 12.0. The molecule has 96 valence electrons. The number of thiophene rings is 1. The molecular formula is C10H10ClN3O2S2. The lowest BCUT2D eigenvalue weighted by molar-refractivity contribution is 0.603. The Morgan fingerprint density at radius 2 is 2.11 bits per heavy atom. The van der Waals surface area contributed by atoms with Gasteiger partial charge in [-0.1, -0.05) is 11.6 Å². The molecule has 0 fully saturated rings. The number of hydrogen-bond acceptors (Lipinski definition) is 5. The zero-order chi connectivity index (χ0) is 13.2. The molecular weight excluding hydrogens is 294 g/mol. The second-order valence-corrected chi connectivity index (χ2v) is 6.91. The molecule has 2 aromatic heterocycles. The molecule has 0 saturated heterocycles. The fourth-order valence-electron chi connectivity index (χ4n) is 1.24. The highest BCUT2D eigenvalue weighted by Gasteiger charge is 2.17. The van der Waals surface area contributed by atoms with Crippen molar-refractivity contribution in [2.75, 3.05) is 4.72 Å². The van der Waals surface area contributed by atoms with Gasteiger partial charge in [-0.2, -0.15) is 0 Å². The van der Waals surface area contributed by atoms with Crippen LogP contribution in [-0.2, 0) is 16.6 Å². The first-order valence-electron chi connectivity index (χ1n) is 4.94. The summed E-state index contributed by atoms with van der Waals surface area (Å²) in [6.45, 7) is 0.319. The summed E-state index contributed by atoms with van der Waals surface area (Å²) in [5, 5.41) is 0.444. The lowest BCUT2D eigenvalue weighted by Crippen LogP contribution is -2.12. The summed E-state index contributed by atoms with van der Waals surface area (Å²) in [6, 6.07) is 6.27. The van der Waals surface area contributed by atoms with Gasteiger partial charge in [0.2, 0.25) is 0 Å². The predicted octanol–water partition coefficient (Wildman–Crippen LogP) is 2.06. The van der Waals surface area contributed by atoms with E-state index in [0.717, 1.165) is 16.2 Å². The number of nitrogens with two attached hydrogens (primary N) is 1. The molecule has 0 aliphatic heterocycles. The molecule has 0 unspecified atom stereocenters. The molecule has 2 aromatic rings. The van der Waals surface area contributed by atoms with Crippen molar-refractivity contribution in [3.05, 3.63) is 40.4 Å². The molecule has 5 nitrogen and oxygen atoms in total. The molecule has 0 saturated carbocycles. The topological polar surface area (TPSA) is 85.1 Å². The maximum absolute atomic E-state index is 12.0. The molecule has 3 N–H and O–H groups in total. The van der Waals surface area contributed by atoms with Crippen LogP contribution in [0.1, 0.15) is 4.88 Å². The van der Waals surface area contributed by atoms with E-state index in [0.29, 0.717) is 11.6 Å². The van der Waals surface area contributed by atoms with Crippen molar-refractivity contribution < 1.29 is 8.42 Å². The molecule has 0 aromatic carbocycles. The fourth-order valence-corrected chi connectivity index (χ4v) is 3.59. The quantitative estimate of drug-likeness (QED) is 0.905. The van der Waals surface area contributed by atoms with Crippen molar-refractivity contribution in [3.8, 4) is 0 Å². The largest absolute Gasteiger partial charge is 0.326 e. The first kappa shape index (κ1) is 13.3. The van der Waals surface area contributed by atoms with Crippen LogP contribution in [0.5, 0.6) is 0 Å². The first-order valence-corrected chi connectivity index (χ1v) is 7.62. The number of nitrogens with zero attached hydrogens (tertiary/aromatic N) is 1. The van der Waals surface area contributed by atoms with Crippen LogP contribution in [0, 0.1) is 0 Å². The highest BCUT2D eigenvalue weighted by Crippen LogP contribution is 2.23. The number of rotatable bonds is 4. The Morgan fingerprint density at radius 3 is 2.67 bits per heavy atom. The van der Waals surface area contributed by atoms with E-state index >= 15 is 0 Å². The standard InChI is InChI=1S/C10H10ClN3O2S2/c11-7-1-3-9(13-6-7)14-18(15,16)10-4-2-8(5-12)17-10/h1-4,6H,5,12H2,(H,13,14). The lowest BCUT2D eigenvalue weighted by Gasteiger charge is -2.04. The third-order valence-corrected chi connectivity index (χ3v) is 5.25. The van der Waals surface area contributed by atoms with E-state index in [-0.39, 0.29) is 10.0 Å². The van der Waals surface area contributed by atoms with E-state index in [1.807, 2.05) is 0 Å². The number of aromatic nitrogens is 1. The number of halogens is 1. The van der Waals surface area contributed by atoms with Crippen molar-refractivity contribution in [1.82, 2.24) is 4.98 Å². The molecule has 0 bridgehead atoms. The van der Waals surface area contributed by atoms with Gasteiger partial charge in [0.15, 0.2) is 0 Å². The van der Waals surface area contributed by atoms with Gasteiger partial charge >= 0.3 is 0 Å². The normalized spacial score (nSPS) is 11.4. The summed E-state index contributed by atoms with van der Waals surface area (Å²) in [5.41, 5.74) is 5.44. The number of hydrogen-bond donors (Lipinski definition) is 2. The third kappa shape index (κ3) is 2.99. The van der Waals surface area contributed by atoms with Crippen molar-refractivity contribution in [1.29, 1.82) is 0 Å². The minimum Gasteiger partial charge on any atom is -0.326 e. The van der Waals surface area contributed by atoms with Crippen molar-refractivity contribution >= 4 is 38.8 Å². The molecule has 0 aliphatic rings. The lowest BCUT2D eigenvalue weighted by atomic mass is 10.5. The fraction of sp³-hybridized carbons (Fsp3) is 0.100. The molecule has 8 heteroatoms. The average molecular weight is 304 g/mol. The van der Waals surface area contributed by atoms with E-state index in [2.05, 4.69) is 9.71 Å². The second-order valence-electron chi connectivity index (χ2n) is 3.39. The van der Waals surface area contributed by atoms with Crippen LogP contribution in [-0.4, -0.2) is 13.4 Å². The number of nitrogens with one attached hydrogen (secondary N) is 1. The Balaban J connectivity index is 2.24. The Hall–Kier alpha value is -1.15. The van der Waals surface area contributed by atoms with Crippen molar-refractivity contribution in [2.24, 2.45) is 5.73 Å². The highest BCUT2D eigenvalue weighted by molar-refractivity contribution is 7.94. The van der Waals surface area contributed by atoms with E-state index in [1.54, 1.807) is 12.1 Å². The van der Waals surface area contributed by atoms with Crippen LogP contribution < -0.4 is 10.5 Å². The van der Waals surface area contributed by atoms with Crippen LogP contribution in [0.2, 0.25) is 5.02 Å². The van der Waals surface area contributed by atoms with Gasteiger partial charge in [0.05, 0.1) is 5.02 Å². The summed E-state index contributed by atoms with van der Waals surface area (Å²) in [5.74, 6) is 0.224. The summed E-state index contributed by atoms with van der Waals surface area (Å²) in [6.07, 6.45) is 1.37. The Labute approximate surface area is 114 Å². The monoisotopic (exact) mass is 303 g/mol. The number of anilines is 1. The molecule has 18 heavy (non-hydrogen) atoms. The number of pyridine rings is 1. The zero-order valence-corrected chi connectivity index (χ0v) is 11.5. The average Bonchev–Trinajstić information content (AvgIpc) is 2.81. The van der Waals surface area contributed by atoms with Gasteiger partial charge in [0, 0.05) is 17.6 Å². The zero-order valence-electron chi connectivity index (χ0n) is 9.13. The third-order valence-electron chi connectivity index (χ3n) is 2.07. The SMILES string of the molecule is NCc1ccc(S(=O)(=O)Nc2ccc(Cl)cn2)s1. The van der Waals surface area contributed by atoms with Crippen LogP contribution >= 0.6 is 22.9 Å². The van der Waals surface area contributed by atoms with Crippen molar-refractivity contribution in [2.45, 2.75) is 10.8 Å². The molecule has 0 radical (unpaired) electrons. The molecule has 0 atom stereocenters. The second kappa shape index (κ2) is 5.23. The smallest absolute Gasteiger partial charge is 0.272 e. The summed E-state index contributed by atoms with van der Waals surface area (Å²) in [4.78, 5) is 4.68. The van der Waals surface area contributed by atoms with Gasteiger partial charge in [0.25, 0.3) is 10.0 Å². The minimum atomic E-state index is -3.61. The van der Waals surface area contributed by atoms with Gasteiger partial charge in [0.1, 0.15) is 10.0 Å².